The molecule has 0 unspecified atom stereocenters. The second-order valence-corrected chi connectivity index (χ2v) is 7.50. The number of rotatable bonds is 3. The van der Waals surface area contributed by atoms with E-state index in [-0.39, 0.29) is 17.8 Å². The Balaban J connectivity index is 2.46. The van der Waals surface area contributed by atoms with Crippen molar-refractivity contribution in [1.29, 1.82) is 0 Å². The summed E-state index contributed by atoms with van der Waals surface area (Å²) in [6, 6.07) is 7.07. The molecule has 0 aliphatic heterocycles. The lowest BCUT2D eigenvalue weighted by Gasteiger charge is -2.31. The number of hydrogen-bond donors (Lipinski definition) is 2. The summed E-state index contributed by atoms with van der Waals surface area (Å²) in [5.74, 6) is 0. The largest absolute Gasteiger partial charge is 0.419 e. The Bertz CT molecular complexity index is 1210. The zero-order valence-electron chi connectivity index (χ0n) is 17.8. The van der Waals surface area contributed by atoms with Crippen LogP contribution in [0.25, 0.3) is 0 Å². The molecule has 0 radical (unpaired) electrons. The third kappa shape index (κ3) is 5.34. The van der Waals surface area contributed by atoms with Gasteiger partial charge in [0.25, 0.3) is 0 Å². The fourth-order valence-electron chi connectivity index (χ4n) is 3.68. The molecule has 0 heterocycles. The van der Waals surface area contributed by atoms with E-state index in [0.717, 1.165) is 12.1 Å². The summed E-state index contributed by atoms with van der Waals surface area (Å²) in [5, 5.41) is 0. The first-order chi connectivity index (χ1) is 16.8. The Morgan fingerprint density at radius 3 is 1.11 bits per heavy atom. The van der Waals surface area contributed by atoms with E-state index in [1.165, 1.54) is 18.2 Å². The quantitative estimate of drug-likeness (QED) is 0.256. The van der Waals surface area contributed by atoms with Crippen molar-refractivity contribution in [3.05, 3.63) is 76.9 Å². The third-order valence-electron chi connectivity index (χ3n) is 5.12. The van der Waals surface area contributed by atoms with Crippen molar-refractivity contribution in [2.45, 2.75) is 24.7 Å². The summed E-state index contributed by atoms with van der Waals surface area (Å²) in [6.45, 7) is 0. The zero-order chi connectivity index (χ0) is 28.1. The highest BCUT2D eigenvalue weighted by atomic mass is 19.4. The molecule has 0 spiro atoms. The molecular weight excluding hydrogens is 534 g/mol. The van der Waals surface area contributed by atoms with E-state index in [2.05, 4.69) is 0 Å². The highest BCUT2D eigenvalue weighted by molar-refractivity contribution is 5.91. The van der Waals surface area contributed by atoms with Crippen LogP contribution >= 0.6 is 0 Å². The molecule has 3 aromatic carbocycles. The molecule has 15 heteroatoms. The Kier molecular flexibility index (Phi) is 6.73. The molecule has 4 N–H and O–H groups in total. The summed E-state index contributed by atoms with van der Waals surface area (Å²) in [7, 11) is 0. The summed E-state index contributed by atoms with van der Waals surface area (Å²) >= 11 is 0. The molecule has 37 heavy (non-hydrogen) atoms. The molecule has 0 aliphatic rings. The average molecular weight is 547 g/mol. The van der Waals surface area contributed by atoms with E-state index in [9.17, 15) is 52.7 Å². The third-order valence-corrected chi connectivity index (χ3v) is 5.12. The van der Waals surface area contributed by atoms with E-state index in [1.54, 1.807) is 0 Å². The minimum Gasteiger partial charge on any atom is -0.397 e. The Hall–Kier alpha value is -3.78. The average Bonchev–Trinajstić information content (AvgIpc) is 2.73. The number of nitrogen functional groups attached to an aromatic ring is 2. The van der Waals surface area contributed by atoms with Gasteiger partial charge in [0.1, 0.15) is 0 Å². The molecule has 0 amide bonds. The van der Waals surface area contributed by atoms with Crippen LogP contribution in [0, 0.1) is 0 Å². The smallest absolute Gasteiger partial charge is 0.397 e. The van der Waals surface area contributed by atoms with Crippen molar-refractivity contribution in [2.75, 3.05) is 16.4 Å². The first-order valence-corrected chi connectivity index (χ1v) is 9.75. The van der Waals surface area contributed by atoms with Gasteiger partial charge in [-0.3, -0.25) is 0 Å². The Morgan fingerprint density at radius 2 is 0.811 bits per heavy atom. The summed E-state index contributed by atoms with van der Waals surface area (Å²) in [5.41, 5.74) is -3.17. The minimum absolute atomic E-state index is 0.00933. The van der Waals surface area contributed by atoms with Crippen LogP contribution in [0.15, 0.2) is 54.6 Å². The van der Waals surface area contributed by atoms with Crippen molar-refractivity contribution < 1.29 is 52.7 Å². The minimum atomic E-state index is -5.67. The van der Waals surface area contributed by atoms with E-state index >= 15 is 0 Å². The fraction of sp³-hybridized carbons (Fsp3) is 0.182. The molecule has 3 aromatic rings. The zero-order valence-corrected chi connectivity index (χ0v) is 17.8. The lowest BCUT2D eigenvalue weighted by molar-refractivity contribution is -0.161. The molecule has 0 saturated heterocycles. The maximum atomic E-state index is 13.7. The summed E-state index contributed by atoms with van der Waals surface area (Å²) in [4.78, 5) is 0.509. The molecule has 3 nitrogen and oxygen atoms in total. The number of benzene rings is 3. The van der Waals surface area contributed by atoms with Gasteiger partial charge in [-0.25, -0.2) is 0 Å². The molecule has 0 fully saturated rings. The van der Waals surface area contributed by atoms with E-state index in [0.29, 0.717) is 17.0 Å². The lowest BCUT2D eigenvalue weighted by Crippen LogP contribution is -2.23. The number of nitrogens with two attached hydrogens (primary N) is 2. The number of nitrogens with zero attached hydrogens (tertiary/aromatic N) is 1. The van der Waals surface area contributed by atoms with Gasteiger partial charge in [-0.15, -0.1) is 0 Å². The normalized spacial score (nSPS) is 13.1. The van der Waals surface area contributed by atoms with Crippen molar-refractivity contribution >= 4 is 28.4 Å². The van der Waals surface area contributed by atoms with Gasteiger partial charge in [0.2, 0.25) is 0 Å². The van der Waals surface area contributed by atoms with Crippen molar-refractivity contribution in [2.24, 2.45) is 0 Å². The van der Waals surface area contributed by atoms with Crippen LogP contribution in [0.3, 0.4) is 0 Å². The predicted molar refractivity (Wildman–Crippen MR) is 110 cm³/mol. The second-order valence-electron chi connectivity index (χ2n) is 7.50. The first-order valence-electron chi connectivity index (χ1n) is 9.75. The molecule has 3 rings (SSSR count). The van der Waals surface area contributed by atoms with Crippen LogP contribution < -0.4 is 16.4 Å². The SMILES string of the molecule is Nc1c(N(c2ccccc2)c2ccc(C(F)(F)F)c(C(F)(F)F)c2N)ccc(C(F)(F)F)c1C(F)(F)F. The van der Waals surface area contributed by atoms with Gasteiger partial charge in [-0.05, 0) is 36.4 Å². The van der Waals surface area contributed by atoms with E-state index in [4.69, 9.17) is 11.5 Å². The molecule has 200 valence electrons. The Labute approximate surface area is 199 Å². The molecule has 0 aromatic heterocycles. The van der Waals surface area contributed by atoms with Crippen LogP contribution in [0.5, 0.6) is 0 Å². The van der Waals surface area contributed by atoms with Gasteiger partial charge in [0.05, 0.1) is 45.0 Å². The summed E-state index contributed by atoms with van der Waals surface area (Å²) in [6.07, 6.45) is -22.4. The lowest BCUT2D eigenvalue weighted by atomic mass is 9.99. The summed E-state index contributed by atoms with van der Waals surface area (Å²) < 4.78 is 162. The van der Waals surface area contributed by atoms with Gasteiger partial charge >= 0.3 is 24.7 Å². The number of hydrogen-bond acceptors (Lipinski definition) is 3. The Morgan fingerprint density at radius 1 is 0.459 bits per heavy atom. The molecule has 0 atom stereocenters. The predicted octanol–water partition coefficient (Wildman–Crippen LogP) is 8.40. The number of halogens is 12. The second kappa shape index (κ2) is 8.95. The molecular formula is C22H13F12N3. The maximum absolute atomic E-state index is 13.7. The van der Waals surface area contributed by atoms with Crippen molar-refractivity contribution in [3.63, 3.8) is 0 Å². The number of para-hydroxylation sites is 1. The van der Waals surface area contributed by atoms with Crippen LogP contribution in [-0.4, -0.2) is 0 Å². The van der Waals surface area contributed by atoms with Gasteiger partial charge in [-0.1, -0.05) is 18.2 Å². The molecule has 0 aliphatic carbocycles. The van der Waals surface area contributed by atoms with Gasteiger partial charge in [0, 0.05) is 5.69 Å². The monoisotopic (exact) mass is 547 g/mol. The standard InChI is InChI=1S/C22H13F12N3/c23-19(24,25)11-6-8-13(17(35)15(11)21(29,30)31)37(10-4-2-1-3-5-10)14-9-7-12(20(26,27)28)16(18(14)36)22(32,33)34/h1-9H,35-36H2. The van der Waals surface area contributed by atoms with Crippen LogP contribution in [0.4, 0.5) is 81.1 Å². The number of alkyl halides is 12. The highest BCUT2D eigenvalue weighted by Crippen LogP contribution is 2.52. The topological polar surface area (TPSA) is 55.3 Å². The number of anilines is 5. The molecule has 0 bridgehead atoms. The molecule has 0 saturated carbocycles. The highest BCUT2D eigenvalue weighted by Gasteiger charge is 2.47. The van der Waals surface area contributed by atoms with Gasteiger partial charge in [-0.2, -0.15) is 52.7 Å². The van der Waals surface area contributed by atoms with E-state index < -0.39 is 69.7 Å². The van der Waals surface area contributed by atoms with Crippen molar-refractivity contribution in [1.82, 2.24) is 0 Å². The van der Waals surface area contributed by atoms with Crippen LogP contribution in [-0.2, 0) is 24.7 Å². The van der Waals surface area contributed by atoms with Crippen LogP contribution in [0.2, 0.25) is 0 Å². The maximum Gasteiger partial charge on any atom is 0.419 e. The van der Waals surface area contributed by atoms with E-state index in [1.807, 2.05) is 0 Å². The first kappa shape index (κ1) is 27.8. The van der Waals surface area contributed by atoms with Gasteiger partial charge in [0.15, 0.2) is 0 Å². The van der Waals surface area contributed by atoms with Crippen LogP contribution in [0.1, 0.15) is 22.3 Å². The van der Waals surface area contributed by atoms with Gasteiger partial charge < -0.3 is 16.4 Å². The fourth-order valence-corrected chi connectivity index (χ4v) is 3.68. The van der Waals surface area contributed by atoms with Crippen molar-refractivity contribution in [3.8, 4) is 0 Å².